The summed E-state index contributed by atoms with van der Waals surface area (Å²) in [5.41, 5.74) is 2.34. The molecule has 3 aliphatic heterocycles. The molecule has 0 aromatic carbocycles. The molecule has 4 aliphatic rings. The second-order valence-corrected chi connectivity index (χ2v) is 16.3. The van der Waals surface area contributed by atoms with Crippen LogP contribution in [0.3, 0.4) is 0 Å². The minimum absolute atomic E-state index is 0.0605. The SMILES string of the molecule is COC(=O)C[C@H]1CC[C@@H]2O[C@@H](C(/C=C/[Si](C)(C)C)CCO)[C@H]3OC4(CCCCC4)O[C@H]3[C@H]2O1. The molecule has 1 spiro atoms. The van der Waals surface area contributed by atoms with Crippen molar-refractivity contribution >= 4 is 14.0 Å². The molecule has 1 aliphatic carbocycles. The van der Waals surface area contributed by atoms with Crippen molar-refractivity contribution in [1.82, 2.24) is 0 Å². The van der Waals surface area contributed by atoms with Gasteiger partial charge >= 0.3 is 5.97 Å². The number of hydrogen-bond donors (Lipinski definition) is 1. The van der Waals surface area contributed by atoms with Gasteiger partial charge in [-0.1, -0.05) is 37.8 Å². The van der Waals surface area contributed by atoms with Crippen molar-refractivity contribution in [3.8, 4) is 0 Å². The van der Waals surface area contributed by atoms with Crippen LogP contribution in [0.15, 0.2) is 11.8 Å². The summed E-state index contributed by atoms with van der Waals surface area (Å²) < 4.78 is 31.4. The monoisotopic (exact) mass is 482 g/mol. The summed E-state index contributed by atoms with van der Waals surface area (Å²) in [4.78, 5) is 11.9. The number of carbonyl (C=O) groups is 1. The lowest BCUT2D eigenvalue weighted by Crippen LogP contribution is -2.61. The molecule has 1 N–H and O–H groups in total. The van der Waals surface area contributed by atoms with Crippen LogP contribution in [0.1, 0.15) is 57.8 Å². The number of aliphatic hydroxyl groups is 1. The van der Waals surface area contributed by atoms with Crippen molar-refractivity contribution in [1.29, 1.82) is 0 Å². The number of hydrogen-bond acceptors (Lipinski definition) is 7. The molecule has 33 heavy (non-hydrogen) atoms. The van der Waals surface area contributed by atoms with E-state index in [1.807, 2.05) is 0 Å². The molecular formula is C25H42O7Si. The molecular weight excluding hydrogens is 440 g/mol. The van der Waals surface area contributed by atoms with E-state index in [0.29, 0.717) is 6.42 Å². The molecule has 188 valence electrons. The van der Waals surface area contributed by atoms with Crippen molar-refractivity contribution in [3.05, 3.63) is 11.8 Å². The smallest absolute Gasteiger partial charge is 0.308 e. The highest BCUT2D eigenvalue weighted by atomic mass is 28.3. The van der Waals surface area contributed by atoms with E-state index in [-0.39, 0.29) is 61.5 Å². The highest BCUT2D eigenvalue weighted by Crippen LogP contribution is 2.48. The molecule has 3 saturated heterocycles. The fourth-order valence-electron chi connectivity index (χ4n) is 5.79. The number of aliphatic hydroxyl groups excluding tert-OH is 1. The summed E-state index contributed by atoms with van der Waals surface area (Å²) in [6.07, 6.45) is 8.68. The summed E-state index contributed by atoms with van der Waals surface area (Å²) in [5.74, 6) is -0.753. The predicted molar refractivity (Wildman–Crippen MR) is 126 cm³/mol. The zero-order valence-electron chi connectivity index (χ0n) is 20.7. The highest BCUT2D eigenvalue weighted by molar-refractivity contribution is 6.80. The molecule has 7 nitrogen and oxygen atoms in total. The molecule has 0 radical (unpaired) electrons. The van der Waals surface area contributed by atoms with Gasteiger partial charge in [-0.15, -0.1) is 0 Å². The first-order chi connectivity index (χ1) is 15.7. The van der Waals surface area contributed by atoms with E-state index >= 15 is 0 Å². The minimum atomic E-state index is -1.41. The number of carbonyl (C=O) groups excluding carboxylic acids is 1. The van der Waals surface area contributed by atoms with Crippen LogP contribution in [0, 0.1) is 5.92 Å². The molecule has 7 atom stereocenters. The van der Waals surface area contributed by atoms with Gasteiger partial charge in [-0.05, 0) is 32.1 Å². The molecule has 0 amide bonds. The van der Waals surface area contributed by atoms with Crippen LogP contribution >= 0.6 is 0 Å². The van der Waals surface area contributed by atoms with Gasteiger partial charge in [0.25, 0.3) is 0 Å². The molecule has 3 heterocycles. The Morgan fingerprint density at radius 2 is 1.82 bits per heavy atom. The predicted octanol–water partition coefficient (Wildman–Crippen LogP) is 3.74. The largest absolute Gasteiger partial charge is 0.469 e. The van der Waals surface area contributed by atoms with Crippen LogP contribution in [0.2, 0.25) is 19.6 Å². The number of esters is 1. The fraction of sp³-hybridized carbons (Fsp3) is 0.880. The molecule has 4 fully saturated rings. The lowest BCUT2D eigenvalue weighted by Gasteiger charge is -2.48. The second-order valence-electron chi connectivity index (χ2n) is 11.3. The number of ether oxygens (including phenoxy) is 5. The third-order valence-corrected chi connectivity index (χ3v) is 8.65. The first kappa shape index (κ1) is 25.3. The lowest BCUT2D eigenvalue weighted by molar-refractivity contribution is -0.246. The summed E-state index contributed by atoms with van der Waals surface area (Å²) in [6, 6.07) is 0. The molecule has 1 saturated carbocycles. The number of methoxy groups -OCH3 is 1. The van der Waals surface area contributed by atoms with Gasteiger partial charge in [-0.3, -0.25) is 4.79 Å². The van der Waals surface area contributed by atoms with Crippen LogP contribution in [-0.2, 0) is 28.5 Å². The Morgan fingerprint density at radius 1 is 1.09 bits per heavy atom. The Labute approximate surface area is 199 Å². The summed E-state index contributed by atoms with van der Waals surface area (Å²) in [5, 5.41) is 9.84. The molecule has 8 heteroatoms. The maximum atomic E-state index is 11.9. The molecule has 0 aromatic heterocycles. The van der Waals surface area contributed by atoms with E-state index < -0.39 is 13.9 Å². The first-order valence-electron chi connectivity index (χ1n) is 12.8. The van der Waals surface area contributed by atoms with Gasteiger partial charge < -0.3 is 28.8 Å². The van der Waals surface area contributed by atoms with Gasteiger partial charge in [0.1, 0.15) is 18.3 Å². The molecule has 1 unspecified atom stereocenters. The van der Waals surface area contributed by atoms with Crippen LogP contribution in [-0.4, -0.2) is 75.3 Å². The minimum Gasteiger partial charge on any atom is -0.469 e. The summed E-state index contributed by atoms with van der Waals surface area (Å²) >= 11 is 0. The Bertz CT molecular complexity index is 699. The fourth-order valence-corrected chi connectivity index (χ4v) is 6.62. The zero-order valence-corrected chi connectivity index (χ0v) is 21.7. The normalized spacial score (nSPS) is 37.0. The Morgan fingerprint density at radius 3 is 2.48 bits per heavy atom. The van der Waals surface area contributed by atoms with Crippen LogP contribution < -0.4 is 0 Å². The van der Waals surface area contributed by atoms with Gasteiger partial charge in [0, 0.05) is 25.4 Å². The van der Waals surface area contributed by atoms with Gasteiger partial charge in [-0.2, -0.15) is 0 Å². The first-order valence-corrected chi connectivity index (χ1v) is 16.3. The molecule has 4 rings (SSSR count). The maximum Gasteiger partial charge on any atom is 0.308 e. The molecule has 0 bridgehead atoms. The van der Waals surface area contributed by atoms with E-state index in [1.165, 1.54) is 13.5 Å². The van der Waals surface area contributed by atoms with E-state index in [4.69, 9.17) is 23.7 Å². The van der Waals surface area contributed by atoms with Gasteiger partial charge in [0.2, 0.25) is 0 Å². The van der Waals surface area contributed by atoms with Gasteiger partial charge in [0.15, 0.2) is 5.79 Å². The Balaban J connectivity index is 1.59. The van der Waals surface area contributed by atoms with E-state index in [2.05, 4.69) is 31.4 Å². The number of rotatable bonds is 7. The quantitative estimate of drug-likeness (QED) is 0.437. The topological polar surface area (TPSA) is 83.5 Å². The third kappa shape index (κ3) is 5.90. The Kier molecular flexibility index (Phi) is 8.03. The van der Waals surface area contributed by atoms with Crippen molar-refractivity contribution in [2.75, 3.05) is 13.7 Å². The van der Waals surface area contributed by atoms with E-state index in [0.717, 1.165) is 38.5 Å². The summed E-state index contributed by atoms with van der Waals surface area (Å²) in [7, 11) is 0.00479. The van der Waals surface area contributed by atoms with Crippen LogP contribution in [0.25, 0.3) is 0 Å². The van der Waals surface area contributed by atoms with E-state index in [9.17, 15) is 9.90 Å². The number of fused-ring (bicyclic) bond motifs is 3. The van der Waals surface area contributed by atoms with Crippen molar-refractivity contribution < 1.29 is 33.6 Å². The second kappa shape index (κ2) is 10.5. The zero-order chi connectivity index (χ0) is 23.6. The molecule has 0 aromatic rings. The van der Waals surface area contributed by atoms with Crippen molar-refractivity contribution in [2.24, 2.45) is 5.92 Å². The van der Waals surface area contributed by atoms with Crippen molar-refractivity contribution in [3.63, 3.8) is 0 Å². The van der Waals surface area contributed by atoms with Crippen LogP contribution in [0.4, 0.5) is 0 Å². The van der Waals surface area contributed by atoms with Gasteiger partial charge in [-0.25, -0.2) is 0 Å². The average Bonchev–Trinajstić information content (AvgIpc) is 3.14. The highest BCUT2D eigenvalue weighted by Gasteiger charge is 2.60. The average molecular weight is 483 g/mol. The maximum absolute atomic E-state index is 11.9. The standard InChI is InChI=1S/C25H42O7Si/c1-28-20(27)16-18-8-9-19-22(29-18)24-23(31-25(32-24)12-6-5-7-13-25)21(30-19)17(10-14-26)11-15-33(2,3)4/h11,15,17-19,21-24,26H,5-10,12-14,16H2,1-4H3/b15-11+/t17?,18-,19+,21+,22+,23-,24+/m1/s1. The third-order valence-electron chi connectivity index (χ3n) is 7.46. The van der Waals surface area contributed by atoms with E-state index in [1.54, 1.807) is 0 Å². The van der Waals surface area contributed by atoms with Gasteiger partial charge in [0.05, 0.1) is 39.9 Å². The van der Waals surface area contributed by atoms with Crippen LogP contribution in [0.5, 0.6) is 0 Å². The lowest BCUT2D eigenvalue weighted by atomic mass is 9.83. The van der Waals surface area contributed by atoms with Crippen molar-refractivity contribution in [2.45, 2.75) is 120 Å². The summed E-state index contributed by atoms with van der Waals surface area (Å²) in [6.45, 7) is 7.03. The Hall–Kier alpha value is -0.773.